The topological polar surface area (TPSA) is 138 Å². The standard InChI is InChI=1S/C25H29N9O3/c1-16(35)28-22-12-17(8-9-23(22)37-11-10-33(2)3)30-31-25(36)18-13-26-15-27-24(18)29-20-6-5-7-21-19(20)14-34(4)32-21/h5-9,12-15,30H,10-11H2,1-4H3,(H,28,35)(H,31,36)(H,26,27,29). The molecule has 0 bridgehead atoms. The fourth-order valence-corrected chi connectivity index (χ4v) is 3.55. The normalized spacial score (nSPS) is 10.8. The molecule has 12 nitrogen and oxygen atoms in total. The number of rotatable bonds is 10. The van der Waals surface area contributed by atoms with Crippen molar-refractivity contribution in [3.63, 3.8) is 0 Å². The number of hydrazine groups is 1. The maximum Gasteiger partial charge on any atom is 0.274 e. The third-order valence-electron chi connectivity index (χ3n) is 5.28. The van der Waals surface area contributed by atoms with Crippen LogP contribution in [0.15, 0.2) is 55.1 Å². The number of amides is 2. The molecule has 0 atom stereocenters. The van der Waals surface area contributed by atoms with Crippen molar-refractivity contribution in [1.82, 2.24) is 30.1 Å². The van der Waals surface area contributed by atoms with Crippen LogP contribution in [0.2, 0.25) is 0 Å². The zero-order chi connectivity index (χ0) is 26.4. The van der Waals surface area contributed by atoms with Gasteiger partial charge in [-0.3, -0.25) is 25.1 Å². The van der Waals surface area contributed by atoms with Crippen molar-refractivity contribution < 1.29 is 14.3 Å². The average Bonchev–Trinajstić information content (AvgIpc) is 3.25. The van der Waals surface area contributed by atoms with Gasteiger partial charge in [-0.15, -0.1) is 0 Å². The molecule has 12 heteroatoms. The van der Waals surface area contributed by atoms with E-state index in [-0.39, 0.29) is 11.5 Å². The quantitative estimate of drug-likeness (QED) is 0.241. The van der Waals surface area contributed by atoms with E-state index >= 15 is 0 Å². The molecule has 0 spiro atoms. The lowest BCUT2D eigenvalue weighted by Gasteiger charge is -2.16. The van der Waals surface area contributed by atoms with Crippen LogP contribution in [0.3, 0.4) is 0 Å². The molecule has 0 radical (unpaired) electrons. The summed E-state index contributed by atoms with van der Waals surface area (Å²) >= 11 is 0. The van der Waals surface area contributed by atoms with Gasteiger partial charge in [-0.2, -0.15) is 5.10 Å². The van der Waals surface area contributed by atoms with Crippen LogP contribution in [-0.2, 0) is 11.8 Å². The predicted molar refractivity (Wildman–Crippen MR) is 142 cm³/mol. The van der Waals surface area contributed by atoms with Gasteiger partial charge in [-0.25, -0.2) is 9.97 Å². The Labute approximate surface area is 214 Å². The summed E-state index contributed by atoms with van der Waals surface area (Å²) in [5, 5.41) is 11.3. The molecule has 0 fully saturated rings. The van der Waals surface area contributed by atoms with Crippen molar-refractivity contribution in [1.29, 1.82) is 0 Å². The van der Waals surface area contributed by atoms with Crippen LogP contribution < -0.4 is 26.2 Å². The van der Waals surface area contributed by atoms with Crippen molar-refractivity contribution in [2.45, 2.75) is 6.92 Å². The number of nitrogens with zero attached hydrogens (tertiary/aromatic N) is 5. The Hall–Kier alpha value is -4.71. The molecule has 2 heterocycles. The van der Waals surface area contributed by atoms with E-state index in [1.165, 1.54) is 19.4 Å². The number of benzene rings is 2. The number of aromatic nitrogens is 4. The summed E-state index contributed by atoms with van der Waals surface area (Å²) in [5.74, 6) is 0.184. The first-order chi connectivity index (χ1) is 17.8. The molecule has 0 aliphatic carbocycles. The lowest BCUT2D eigenvalue weighted by atomic mass is 10.2. The Morgan fingerprint density at radius 1 is 1.14 bits per heavy atom. The van der Waals surface area contributed by atoms with Crippen LogP contribution in [0.5, 0.6) is 5.75 Å². The number of nitrogens with one attached hydrogen (secondary N) is 4. The number of hydrogen-bond donors (Lipinski definition) is 4. The molecule has 4 rings (SSSR count). The van der Waals surface area contributed by atoms with Crippen LogP contribution in [0.1, 0.15) is 17.3 Å². The van der Waals surface area contributed by atoms with E-state index in [0.717, 1.165) is 23.1 Å². The summed E-state index contributed by atoms with van der Waals surface area (Å²) in [6.45, 7) is 2.60. The number of aryl methyl sites for hydroxylation is 1. The van der Waals surface area contributed by atoms with Crippen molar-refractivity contribution in [3.8, 4) is 5.75 Å². The fraction of sp³-hybridized carbons (Fsp3) is 0.240. The average molecular weight is 504 g/mol. The van der Waals surface area contributed by atoms with Crippen molar-refractivity contribution >= 4 is 45.6 Å². The maximum atomic E-state index is 13.0. The SMILES string of the molecule is CC(=O)Nc1cc(NNC(=O)c2cncnc2Nc2cccc3nn(C)cc23)ccc1OCCN(C)C. The van der Waals surface area contributed by atoms with Gasteiger partial charge in [0.25, 0.3) is 5.91 Å². The van der Waals surface area contributed by atoms with Gasteiger partial charge in [0.15, 0.2) is 0 Å². The van der Waals surface area contributed by atoms with Crippen LogP contribution in [-0.4, -0.2) is 63.7 Å². The number of carbonyl (C=O) groups is 2. The predicted octanol–water partition coefficient (Wildman–Crippen LogP) is 2.76. The second-order valence-corrected chi connectivity index (χ2v) is 8.57. The molecule has 0 unspecified atom stereocenters. The highest BCUT2D eigenvalue weighted by atomic mass is 16.5. The highest BCUT2D eigenvalue weighted by Gasteiger charge is 2.15. The Kier molecular flexibility index (Phi) is 7.79. The van der Waals surface area contributed by atoms with Gasteiger partial charge in [-0.05, 0) is 44.4 Å². The molecule has 37 heavy (non-hydrogen) atoms. The first-order valence-electron chi connectivity index (χ1n) is 11.5. The number of likely N-dealkylation sites (N-methyl/N-ethyl adjacent to an activating group) is 1. The number of hydrogen-bond acceptors (Lipinski definition) is 9. The Balaban J connectivity index is 1.48. The number of fused-ring (bicyclic) bond motifs is 1. The Bertz CT molecular complexity index is 1420. The third kappa shape index (κ3) is 6.49. The molecule has 2 aromatic heterocycles. The van der Waals surface area contributed by atoms with Crippen molar-refractivity contribution in [3.05, 3.63) is 60.7 Å². The molecule has 2 aromatic carbocycles. The summed E-state index contributed by atoms with van der Waals surface area (Å²) in [7, 11) is 5.75. The smallest absolute Gasteiger partial charge is 0.274 e. The van der Waals surface area contributed by atoms with Crippen LogP contribution in [0.4, 0.5) is 22.9 Å². The zero-order valence-electron chi connectivity index (χ0n) is 21.1. The largest absolute Gasteiger partial charge is 0.490 e. The van der Waals surface area contributed by atoms with Gasteiger partial charge in [0, 0.05) is 38.3 Å². The van der Waals surface area contributed by atoms with Gasteiger partial charge in [0.2, 0.25) is 5.91 Å². The fourth-order valence-electron chi connectivity index (χ4n) is 3.55. The molecule has 4 aromatic rings. The first-order valence-corrected chi connectivity index (χ1v) is 11.5. The number of carbonyl (C=O) groups excluding carboxylic acids is 2. The molecular formula is C25H29N9O3. The molecule has 2 amide bonds. The van der Waals surface area contributed by atoms with Gasteiger partial charge in [-0.1, -0.05) is 6.07 Å². The second-order valence-electron chi connectivity index (χ2n) is 8.57. The molecule has 0 aliphatic rings. The zero-order valence-corrected chi connectivity index (χ0v) is 21.1. The van der Waals surface area contributed by atoms with E-state index in [9.17, 15) is 9.59 Å². The van der Waals surface area contributed by atoms with Crippen LogP contribution in [0.25, 0.3) is 10.9 Å². The van der Waals surface area contributed by atoms with Crippen molar-refractivity contribution in [2.24, 2.45) is 7.05 Å². The number of ether oxygens (including phenoxy) is 1. The van der Waals surface area contributed by atoms with E-state index in [0.29, 0.717) is 29.5 Å². The van der Waals surface area contributed by atoms with Crippen LogP contribution >= 0.6 is 0 Å². The first kappa shape index (κ1) is 25.4. The lowest BCUT2D eigenvalue weighted by Crippen LogP contribution is -2.30. The summed E-state index contributed by atoms with van der Waals surface area (Å²) in [5.41, 5.74) is 8.37. The molecular weight excluding hydrogens is 474 g/mol. The molecule has 4 N–H and O–H groups in total. The minimum Gasteiger partial charge on any atom is -0.490 e. The summed E-state index contributed by atoms with van der Waals surface area (Å²) in [6, 6.07) is 10.8. The van der Waals surface area contributed by atoms with Gasteiger partial charge in [0.1, 0.15) is 30.1 Å². The van der Waals surface area contributed by atoms with E-state index < -0.39 is 5.91 Å². The Morgan fingerprint density at radius 3 is 2.76 bits per heavy atom. The summed E-state index contributed by atoms with van der Waals surface area (Å²) < 4.78 is 7.52. The minimum atomic E-state index is -0.450. The molecule has 192 valence electrons. The van der Waals surface area contributed by atoms with E-state index in [2.05, 4.69) is 36.6 Å². The lowest BCUT2D eigenvalue weighted by molar-refractivity contribution is -0.114. The summed E-state index contributed by atoms with van der Waals surface area (Å²) in [4.78, 5) is 35.0. The molecule has 0 saturated heterocycles. The van der Waals surface area contributed by atoms with Gasteiger partial charge in [0.05, 0.1) is 22.6 Å². The Morgan fingerprint density at radius 2 is 1.97 bits per heavy atom. The van der Waals surface area contributed by atoms with E-state index in [4.69, 9.17) is 4.74 Å². The second kappa shape index (κ2) is 11.4. The van der Waals surface area contributed by atoms with E-state index in [1.807, 2.05) is 50.4 Å². The van der Waals surface area contributed by atoms with Gasteiger partial charge < -0.3 is 20.3 Å². The number of anilines is 4. The van der Waals surface area contributed by atoms with Gasteiger partial charge >= 0.3 is 0 Å². The third-order valence-corrected chi connectivity index (χ3v) is 5.28. The molecule has 0 saturated carbocycles. The van der Waals surface area contributed by atoms with E-state index in [1.54, 1.807) is 22.9 Å². The summed E-state index contributed by atoms with van der Waals surface area (Å²) in [6.07, 6.45) is 4.69. The van der Waals surface area contributed by atoms with Crippen molar-refractivity contribution in [2.75, 3.05) is 43.3 Å². The molecule has 0 aliphatic heterocycles. The minimum absolute atomic E-state index is 0.237. The van der Waals surface area contributed by atoms with Crippen LogP contribution in [0, 0.1) is 0 Å². The monoisotopic (exact) mass is 503 g/mol. The maximum absolute atomic E-state index is 13.0. The highest BCUT2D eigenvalue weighted by Crippen LogP contribution is 2.29. The highest BCUT2D eigenvalue weighted by molar-refractivity contribution is 6.01.